The van der Waals surface area contributed by atoms with E-state index >= 15 is 0 Å². The van der Waals surface area contributed by atoms with Gasteiger partial charge in [-0.25, -0.2) is 8.42 Å². The average molecular weight is 390 g/mol. The molecule has 7 nitrogen and oxygen atoms in total. The van der Waals surface area contributed by atoms with Crippen molar-refractivity contribution < 1.29 is 22.7 Å². The number of para-hydroxylation sites is 2. The Kier molecular flexibility index (Phi) is 5.55. The molecule has 0 aromatic heterocycles. The SMILES string of the molecule is COc1ccccc1OCC(=O)N(c1ccc(NS(C)(=O)=O)cc1)C1CC1. The maximum atomic E-state index is 12.8. The molecule has 1 saturated carbocycles. The lowest BCUT2D eigenvalue weighted by Crippen LogP contribution is -2.36. The van der Waals surface area contributed by atoms with Crippen LogP contribution in [0.3, 0.4) is 0 Å². The first-order chi connectivity index (χ1) is 12.9. The zero-order valence-corrected chi connectivity index (χ0v) is 16.0. The van der Waals surface area contributed by atoms with Crippen LogP contribution in [0.4, 0.5) is 11.4 Å². The molecule has 2 aromatic rings. The van der Waals surface area contributed by atoms with E-state index in [1.807, 2.05) is 12.1 Å². The van der Waals surface area contributed by atoms with Crippen molar-refractivity contribution in [1.82, 2.24) is 0 Å². The Labute approximate surface area is 158 Å². The minimum atomic E-state index is -3.34. The molecule has 1 amide bonds. The zero-order chi connectivity index (χ0) is 19.4. The molecule has 2 aromatic carbocycles. The van der Waals surface area contributed by atoms with Crippen molar-refractivity contribution in [3.63, 3.8) is 0 Å². The summed E-state index contributed by atoms with van der Waals surface area (Å²) in [6.07, 6.45) is 2.96. The van der Waals surface area contributed by atoms with E-state index < -0.39 is 10.0 Å². The molecule has 0 atom stereocenters. The van der Waals surface area contributed by atoms with Gasteiger partial charge in [0.05, 0.1) is 13.4 Å². The zero-order valence-electron chi connectivity index (χ0n) is 15.2. The van der Waals surface area contributed by atoms with E-state index in [4.69, 9.17) is 9.47 Å². The monoisotopic (exact) mass is 390 g/mol. The molecule has 0 heterocycles. The standard InChI is InChI=1S/C19H22N2O5S/c1-25-17-5-3-4-6-18(17)26-13-19(22)21(16-11-12-16)15-9-7-14(8-10-15)20-27(2,23)24/h3-10,16,20H,11-13H2,1-2H3. The summed E-state index contributed by atoms with van der Waals surface area (Å²) in [6, 6.07) is 14.0. The molecule has 27 heavy (non-hydrogen) atoms. The van der Waals surface area contributed by atoms with Gasteiger partial charge < -0.3 is 14.4 Å². The lowest BCUT2D eigenvalue weighted by Gasteiger charge is -2.23. The first kappa shape index (κ1) is 19.0. The van der Waals surface area contributed by atoms with Gasteiger partial charge in [0.15, 0.2) is 18.1 Å². The first-order valence-electron chi connectivity index (χ1n) is 8.53. The average Bonchev–Trinajstić information content (AvgIpc) is 3.45. The highest BCUT2D eigenvalue weighted by molar-refractivity contribution is 7.92. The smallest absolute Gasteiger partial charge is 0.265 e. The summed E-state index contributed by atoms with van der Waals surface area (Å²) in [6.45, 7) is -0.111. The molecule has 0 radical (unpaired) electrons. The van der Waals surface area contributed by atoms with E-state index in [0.717, 1.165) is 19.1 Å². The Morgan fingerprint density at radius 2 is 1.74 bits per heavy atom. The molecule has 0 bridgehead atoms. The van der Waals surface area contributed by atoms with Crippen LogP contribution in [0.1, 0.15) is 12.8 Å². The van der Waals surface area contributed by atoms with Gasteiger partial charge in [0.1, 0.15) is 0 Å². The van der Waals surface area contributed by atoms with Gasteiger partial charge in [-0.1, -0.05) is 12.1 Å². The second kappa shape index (κ2) is 7.87. The number of nitrogens with one attached hydrogen (secondary N) is 1. The molecule has 3 rings (SSSR count). The van der Waals surface area contributed by atoms with Crippen LogP contribution in [0.15, 0.2) is 48.5 Å². The number of nitrogens with zero attached hydrogens (tertiary/aromatic N) is 1. The second-order valence-electron chi connectivity index (χ2n) is 6.36. The van der Waals surface area contributed by atoms with E-state index in [1.54, 1.807) is 48.4 Å². The third-order valence-electron chi connectivity index (χ3n) is 4.05. The van der Waals surface area contributed by atoms with Crippen molar-refractivity contribution in [2.24, 2.45) is 0 Å². The highest BCUT2D eigenvalue weighted by Gasteiger charge is 2.34. The fourth-order valence-corrected chi connectivity index (χ4v) is 3.31. The molecular weight excluding hydrogens is 368 g/mol. The minimum absolute atomic E-state index is 0.111. The van der Waals surface area contributed by atoms with Crippen molar-refractivity contribution >= 4 is 27.3 Å². The number of rotatable bonds is 8. The summed E-state index contributed by atoms with van der Waals surface area (Å²) in [4.78, 5) is 14.5. The summed E-state index contributed by atoms with van der Waals surface area (Å²) in [7, 11) is -1.79. The Morgan fingerprint density at radius 3 is 2.30 bits per heavy atom. The molecular formula is C19H22N2O5S. The molecule has 0 unspecified atom stereocenters. The van der Waals surface area contributed by atoms with Crippen LogP contribution in [-0.2, 0) is 14.8 Å². The largest absolute Gasteiger partial charge is 0.493 e. The van der Waals surface area contributed by atoms with E-state index in [0.29, 0.717) is 22.9 Å². The summed E-state index contributed by atoms with van der Waals surface area (Å²) < 4.78 is 35.9. The topological polar surface area (TPSA) is 84.9 Å². The van der Waals surface area contributed by atoms with E-state index in [1.165, 1.54) is 0 Å². The molecule has 0 saturated heterocycles. The van der Waals surface area contributed by atoms with Crippen LogP contribution in [-0.4, -0.2) is 40.3 Å². The van der Waals surface area contributed by atoms with Crippen molar-refractivity contribution in [3.05, 3.63) is 48.5 Å². The number of carbonyl (C=O) groups is 1. The number of hydrogen-bond donors (Lipinski definition) is 1. The van der Waals surface area contributed by atoms with E-state index in [2.05, 4.69) is 4.72 Å². The molecule has 0 spiro atoms. The van der Waals surface area contributed by atoms with Crippen molar-refractivity contribution in [1.29, 1.82) is 0 Å². The molecule has 1 aliphatic carbocycles. The van der Waals surface area contributed by atoms with Crippen LogP contribution in [0.5, 0.6) is 11.5 Å². The quantitative estimate of drug-likeness (QED) is 0.749. The van der Waals surface area contributed by atoms with Crippen LogP contribution in [0.25, 0.3) is 0 Å². The van der Waals surface area contributed by atoms with Gasteiger partial charge >= 0.3 is 0 Å². The maximum Gasteiger partial charge on any atom is 0.265 e. The number of anilines is 2. The van der Waals surface area contributed by atoms with E-state index in [-0.39, 0.29) is 18.6 Å². The van der Waals surface area contributed by atoms with Crippen LogP contribution < -0.4 is 19.1 Å². The fraction of sp³-hybridized carbons (Fsp3) is 0.316. The Morgan fingerprint density at radius 1 is 1.11 bits per heavy atom. The van der Waals surface area contributed by atoms with Gasteiger partial charge in [-0.15, -0.1) is 0 Å². The molecule has 1 aliphatic rings. The number of amides is 1. The maximum absolute atomic E-state index is 12.8. The Hall–Kier alpha value is -2.74. The van der Waals surface area contributed by atoms with Crippen LogP contribution in [0.2, 0.25) is 0 Å². The molecule has 144 valence electrons. The summed E-state index contributed by atoms with van der Waals surface area (Å²) in [5.74, 6) is 0.920. The fourth-order valence-electron chi connectivity index (χ4n) is 2.74. The van der Waals surface area contributed by atoms with Crippen LogP contribution in [0, 0.1) is 0 Å². The molecule has 1 N–H and O–H groups in total. The van der Waals surface area contributed by atoms with Crippen LogP contribution >= 0.6 is 0 Å². The number of methoxy groups -OCH3 is 1. The number of benzene rings is 2. The van der Waals surface area contributed by atoms with Crippen molar-refractivity contribution in [2.45, 2.75) is 18.9 Å². The van der Waals surface area contributed by atoms with Gasteiger partial charge in [0, 0.05) is 17.4 Å². The predicted octanol–water partition coefficient (Wildman–Crippen LogP) is 2.64. The van der Waals surface area contributed by atoms with Gasteiger partial charge in [-0.05, 0) is 49.2 Å². The number of ether oxygens (including phenoxy) is 2. The van der Waals surface area contributed by atoms with E-state index in [9.17, 15) is 13.2 Å². The number of sulfonamides is 1. The predicted molar refractivity (Wildman–Crippen MR) is 104 cm³/mol. The summed E-state index contributed by atoms with van der Waals surface area (Å²) in [5.41, 5.74) is 1.17. The molecule has 0 aliphatic heterocycles. The lowest BCUT2D eigenvalue weighted by atomic mass is 10.2. The normalized spacial score (nSPS) is 13.7. The van der Waals surface area contributed by atoms with Crippen molar-refractivity contribution in [2.75, 3.05) is 29.6 Å². The number of hydrogen-bond acceptors (Lipinski definition) is 5. The molecule has 1 fully saturated rings. The van der Waals surface area contributed by atoms with Gasteiger partial charge in [0.2, 0.25) is 10.0 Å². The second-order valence-corrected chi connectivity index (χ2v) is 8.10. The first-order valence-corrected chi connectivity index (χ1v) is 10.4. The van der Waals surface area contributed by atoms with Gasteiger partial charge in [-0.2, -0.15) is 0 Å². The van der Waals surface area contributed by atoms with Gasteiger partial charge in [-0.3, -0.25) is 9.52 Å². The summed E-state index contributed by atoms with van der Waals surface area (Å²) in [5, 5.41) is 0. The molecule has 8 heteroatoms. The Bertz CT molecular complexity index is 908. The number of carbonyl (C=O) groups excluding carboxylic acids is 1. The highest BCUT2D eigenvalue weighted by atomic mass is 32.2. The third-order valence-corrected chi connectivity index (χ3v) is 4.66. The third kappa shape index (κ3) is 5.13. The Balaban J connectivity index is 1.71. The minimum Gasteiger partial charge on any atom is -0.493 e. The lowest BCUT2D eigenvalue weighted by molar-refractivity contribution is -0.120. The van der Waals surface area contributed by atoms with Crippen molar-refractivity contribution in [3.8, 4) is 11.5 Å². The highest BCUT2D eigenvalue weighted by Crippen LogP contribution is 2.33. The van der Waals surface area contributed by atoms with Gasteiger partial charge in [0.25, 0.3) is 5.91 Å². The summed E-state index contributed by atoms with van der Waals surface area (Å²) >= 11 is 0.